The van der Waals surface area contributed by atoms with E-state index >= 15 is 0 Å². The van der Waals surface area contributed by atoms with Gasteiger partial charge in [0.05, 0.1) is 22.8 Å². The summed E-state index contributed by atoms with van der Waals surface area (Å²) in [5.74, 6) is 0.0170. The number of nitrogens with one attached hydrogen (secondary N) is 2. The van der Waals surface area contributed by atoms with E-state index in [1.165, 1.54) is 22.5 Å². The van der Waals surface area contributed by atoms with Gasteiger partial charge in [0.2, 0.25) is 10.0 Å². The summed E-state index contributed by atoms with van der Waals surface area (Å²) in [6, 6.07) is 17.5. The van der Waals surface area contributed by atoms with Gasteiger partial charge in [-0.15, -0.1) is 0 Å². The molecule has 9 nitrogen and oxygen atoms in total. The Hall–Kier alpha value is -3.39. The molecule has 2 N–H and O–H groups in total. The lowest BCUT2D eigenvalue weighted by Gasteiger charge is -2.23. The summed E-state index contributed by atoms with van der Waals surface area (Å²) in [6.07, 6.45) is 8.77. The number of carbonyl (C=O) groups excluding carboxylic acids is 1. The molecule has 2 aromatic carbocycles. The van der Waals surface area contributed by atoms with Crippen LogP contribution < -0.4 is 10.8 Å². The van der Waals surface area contributed by atoms with E-state index in [0.29, 0.717) is 18.2 Å². The molecule has 11 heteroatoms. The van der Waals surface area contributed by atoms with Crippen molar-refractivity contribution in [2.24, 2.45) is 5.92 Å². The molecule has 0 spiro atoms. The monoisotopic (exact) mass is 683 g/mol. The highest BCUT2D eigenvalue weighted by Crippen LogP contribution is 2.31. The van der Waals surface area contributed by atoms with Gasteiger partial charge in [-0.3, -0.25) is 19.6 Å². The molecule has 0 saturated heterocycles. The third-order valence-corrected chi connectivity index (χ3v) is 9.13. The average Bonchev–Trinajstić information content (AvgIpc) is 3.80. The molecule has 1 saturated carbocycles. The maximum Gasteiger partial charge on any atom is 0.276 e. The summed E-state index contributed by atoms with van der Waals surface area (Å²) >= 11 is 2.23. The standard InChI is InChI=1S/C30H30IN5O4S/c1-21-14-25(31)8-11-28(21)34-29-15-26(9-10-27(29)30(37)35-40-20-22-6-7-22)41(38,39)36(18-23-4-2-12-32-16-23)19-24-5-3-13-33-17-24/h2-5,8-17,22,34H,6-7,18-20H2,1H3,(H,35,37). The number of carbonyl (C=O) groups is 1. The summed E-state index contributed by atoms with van der Waals surface area (Å²) in [5, 5.41) is 3.29. The van der Waals surface area contributed by atoms with E-state index in [1.54, 1.807) is 36.9 Å². The van der Waals surface area contributed by atoms with Crippen molar-refractivity contribution in [1.29, 1.82) is 0 Å². The van der Waals surface area contributed by atoms with Gasteiger partial charge in [0.15, 0.2) is 0 Å². The van der Waals surface area contributed by atoms with Gasteiger partial charge in [-0.2, -0.15) is 4.31 Å². The van der Waals surface area contributed by atoms with Crippen LogP contribution in [0.15, 0.2) is 90.3 Å². The third kappa shape index (κ3) is 7.67. The van der Waals surface area contributed by atoms with Crippen molar-refractivity contribution in [3.05, 3.63) is 111 Å². The Balaban J connectivity index is 1.50. The average molecular weight is 684 g/mol. The fourth-order valence-electron chi connectivity index (χ4n) is 4.23. The number of benzene rings is 2. The number of aromatic nitrogens is 2. The SMILES string of the molecule is Cc1cc(I)ccc1Nc1cc(S(=O)(=O)N(Cc2cccnc2)Cc2cccnc2)ccc1C(=O)NOCC1CC1. The number of pyridine rings is 2. The van der Waals surface area contributed by atoms with Crippen LogP contribution in [0.1, 0.15) is 39.9 Å². The molecule has 5 rings (SSSR count). The first-order chi connectivity index (χ1) is 19.8. The molecule has 2 aromatic heterocycles. The van der Waals surface area contributed by atoms with Gasteiger partial charge in [0, 0.05) is 47.1 Å². The Morgan fingerprint density at radius 3 is 2.24 bits per heavy atom. The summed E-state index contributed by atoms with van der Waals surface area (Å²) < 4.78 is 30.7. The first kappa shape index (κ1) is 29.1. The molecule has 0 unspecified atom stereocenters. The van der Waals surface area contributed by atoms with Crippen LogP contribution in [0.5, 0.6) is 0 Å². The van der Waals surface area contributed by atoms with Crippen molar-refractivity contribution in [3.63, 3.8) is 0 Å². The number of sulfonamides is 1. The molecule has 41 heavy (non-hydrogen) atoms. The number of hydrogen-bond acceptors (Lipinski definition) is 7. The quantitative estimate of drug-likeness (QED) is 0.148. The number of hydroxylamine groups is 1. The van der Waals surface area contributed by atoms with Crippen LogP contribution >= 0.6 is 22.6 Å². The molecular formula is C30H30IN5O4S. The van der Waals surface area contributed by atoms with Crippen LogP contribution in [0, 0.1) is 16.4 Å². The molecule has 4 aromatic rings. The normalized spacial score (nSPS) is 13.2. The van der Waals surface area contributed by atoms with Crippen molar-refractivity contribution in [1.82, 2.24) is 19.8 Å². The van der Waals surface area contributed by atoms with Crippen LogP contribution in [0.4, 0.5) is 11.4 Å². The zero-order valence-electron chi connectivity index (χ0n) is 22.5. The van der Waals surface area contributed by atoms with Crippen LogP contribution in [-0.4, -0.2) is 35.2 Å². The Morgan fingerprint density at radius 1 is 0.976 bits per heavy atom. The number of nitrogens with zero attached hydrogens (tertiary/aromatic N) is 3. The third-order valence-electron chi connectivity index (χ3n) is 6.68. The van der Waals surface area contributed by atoms with Gasteiger partial charge >= 0.3 is 0 Å². The van der Waals surface area contributed by atoms with Gasteiger partial charge < -0.3 is 5.32 Å². The molecule has 1 aliphatic rings. The van der Waals surface area contributed by atoms with Crippen molar-refractivity contribution < 1.29 is 18.0 Å². The summed E-state index contributed by atoms with van der Waals surface area (Å²) in [6.45, 7) is 2.63. The molecule has 212 valence electrons. The largest absolute Gasteiger partial charge is 0.355 e. The maximum absolute atomic E-state index is 14.1. The second-order valence-electron chi connectivity index (χ2n) is 9.97. The number of hydrogen-bond donors (Lipinski definition) is 2. The van der Waals surface area contributed by atoms with Crippen molar-refractivity contribution in [2.45, 2.75) is 37.8 Å². The van der Waals surface area contributed by atoms with E-state index in [9.17, 15) is 13.2 Å². The predicted octanol–water partition coefficient (Wildman–Crippen LogP) is 5.60. The smallest absolute Gasteiger partial charge is 0.276 e. The minimum Gasteiger partial charge on any atom is -0.355 e. The van der Waals surface area contributed by atoms with Crippen LogP contribution in [0.3, 0.4) is 0 Å². The maximum atomic E-state index is 14.1. The summed E-state index contributed by atoms with van der Waals surface area (Å²) in [4.78, 5) is 26.9. The molecule has 0 atom stereocenters. The molecular weight excluding hydrogens is 653 g/mol. The predicted molar refractivity (Wildman–Crippen MR) is 165 cm³/mol. The molecule has 1 fully saturated rings. The zero-order chi connectivity index (χ0) is 28.8. The van der Waals surface area contributed by atoms with Gasteiger partial charge in [-0.1, -0.05) is 12.1 Å². The number of rotatable bonds is 12. The minimum atomic E-state index is -4.02. The van der Waals surface area contributed by atoms with Crippen LogP contribution in [0.25, 0.3) is 0 Å². The number of amides is 1. The second-order valence-corrected chi connectivity index (χ2v) is 13.2. The van der Waals surface area contributed by atoms with E-state index in [1.807, 2.05) is 37.3 Å². The molecule has 2 heterocycles. The Morgan fingerprint density at radius 2 is 1.66 bits per heavy atom. The topological polar surface area (TPSA) is 114 Å². The number of halogens is 1. The van der Waals surface area contributed by atoms with Gasteiger partial charge in [0.25, 0.3) is 5.91 Å². The highest BCUT2D eigenvalue weighted by atomic mass is 127. The van der Waals surface area contributed by atoms with Crippen molar-refractivity contribution >= 4 is 49.9 Å². The second kappa shape index (κ2) is 13.1. The number of aryl methyl sites for hydroxylation is 1. The summed E-state index contributed by atoms with van der Waals surface area (Å²) in [5.41, 5.74) is 6.34. The van der Waals surface area contributed by atoms with E-state index in [-0.39, 0.29) is 23.5 Å². The minimum absolute atomic E-state index is 0.0476. The van der Waals surface area contributed by atoms with Gasteiger partial charge in [-0.05, 0) is 113 Å². The Bertz CT molecular complexity index is 1580. The Kier molecular flexibility index (Phi) is 9.28. The number of anilines is 2. The first-order valence-electron chi connectivity index (χ1n) is 13.2. The van der Waals surface area contributed by atoms with Crippen LogP contribution in [0.2, 0.25) is 0 Å². The summed E-state index contributed by atoms with van der Waals surface area (Å²) in [7, 11) is -4.02. The van der Waals surface area contributed by atoms with E-state index in [2.05, 4.69) is 43.4 Å². The van der Waals surface area contributed by atoms with Crippen LogP contribution in [-0.2, 0) is 28.0 Å². The van der Waals surface area contributed by atoms with Crippen molar-refractivity contribution in [2.75, 3.05) is 11.9 Å². The molecule has 0 aliphatic heterocycles. The van der Waals surface area contributed by atoms with Gasteiger partial charge in [-0.25, -0.2) is 13.9 Å². The fraction of sp³-hybridized carbons (Fsp3) is 0.233. The molecule has 1 aliphatic carbocycles. The lowest BCUT2D eigenvalue weighted by molar-refractivity contribution is 0.0271. The highest BCUT2D eigenvalue weighted by molar-refractivity contribution is 14.1. The highest BCUT2D eigenvalue weighted by Gasteiger charge is 2.28. The molecule has 1 amide bonds. The molecule has 0 radical (unpaired) electrons. The van der Waals surface area contributed by atoms with Crippen molar-refractivity contribution in [3.8, 4) is 0 Å². The van der Waals surface area contributed by atoms with E-state index < -0.39 is 15.9 Å². The van der Waals surface area contributed by atoms with Gasteiger partial charge in [0.1, 0.15) is 0 Å². The zero-order valence-corrected chi connectivity index (χ0v) is 25.4. The molecule has 0 bridgehead atoms. The van der Waals surface area contributed by atoms with E-state index in [0.717, 1.165) is 38.8 Å². The van der Waals surface area contributed by atoms with E-state index in [4.69, 9.17) is 4.84 Å². The fourth-order valence-corrected chi connectivity index (χ4v) is 6.32. The lowest BCUT2D eigenvalue weighted by Crippen LogP contribution is -2.31. The Labute approximate surface area is 253 Å². The first-order valence-corrected chi connectivity index (χ1v) is 15.7. The lowest BCUT2D eigenvalue weighted by atomic mass is 10.1.